The van der Waals surface area contributed by atoms with Crippen LogP contribution in [0.25, 0.3) is 0 Å². The highest BCUT2D eigenvalue weighted by molar-refractivity contribution is 6.16. The molecule has 0 aromatic heterocycles. The maximum absolute atomic E-state index is 15.2. The van der Waals surface area contributed by atoms with Crippen molar-refractivity contribution in [2.75, 3.05) is 11.4 Å². The molecule has 3 aliphatic rings. The Morgan fingerprint density at radius 1 is 0.829 bits per heavy atom. The van der Waals surface area contributed by atoms with Crippen LogP contribution in [-0.4, -0.2) is 40.2 Å². The fourth-order valence-electron chi connectivity index (χ4n) is 7.08. The van der Waals surface area contributed by atoms with Gasteiger partial charge in [-0.15, -0.1) is 0 Å². The Bertz CT molecular complexity index is 1670. The van der Waals surface area contributed by atoms with Gasteiger partial charge in [0, 0.05) is 24.2 Å². The number of rotatable bonds is 5. The van der Waals surface area contributed by atoms with Crippen LogP contribution in [0.5, 0.6) is 0 Å². The molecule has 6 heteroatoms. The van der Waals surface area contributed by atoms with Crippen molar-refractivity contribution >= 4 is 23.3 Å². The maximum atomic E-state index is 15.2. The summed E-state index contributed by atoms with van der Waals surface area (Å²) in [7, 11) is 0. The van der Waals surface area contributed by atoms with E-state index in [1.54, 1.807) is 5.01 Å². The monoisotopic (exact) mass is 541 g/mol. The Labute approximate surface area is 239 Å². The third-order valence-electron chi connectivity index (χ3n) is 8.86. The molecular weight excluding hydrogens is 510 g/mol. The number of nitrogens with zero attached hydrogens (tertiary/aromatic N) is 3. The van der Waals surface area contributed by atoms with Crippen molar-refractivity contribution in [2.45, 2.75) is 44.3 Å². The molecule has 0 N–H and O–H groups in total. The number of ketones is 1. The number of benzene rings is 4. The van der Waals surface area contributed by atoms with Crippen LogP contribution in [0, 0.1) is 13.8 Å². The van der Waals surface area contributed by atoms with Gasteiger partial charge in [0.2, 0.25) is 11.8 Å². The van der Waals surface area contributed by atoms with Gasteiger partial charge in [0.25, 0.3) is 0 Å². The summed E-state index contributed by atoms with van der Waals surface area (Å²) in [5, 5.41) is 3.61. The van der Waals surface area contributed by atoms with E-state index in [9.17, 15) is 9.59 Å². The smallest absolute Gasteiger partial charge is 0.242 e. The number of aryl methyl sites for hydroxylation is 2. The van der Waals surface area contributed by atoms with Crippen molar-refractivity contribution in [3.05, 3.63) is 137 Å². The molecule has 1 spiro atoms. The maximum Gasteiger partial charge on any atom is 0.242 e. The molecule has 3 heterocycles. The van der Waals surface area contributed by atoms with E-state index >= 15 is 4.79 Å². The van der Waals surface area contributed by atoms with Gasteiger partial charge in [-0.3, -0.25) is 19.4 Å². The lowest BCUT2D eigenvalue weighted by atomic mass is 9.66. The van der Waals surface area contributed by atoms with Gasteiger partial charge in [-0.1, -0.05) is 108 Å². The Hall–Kier alpha value is -4.55. The third-order valence-corrected chi connectivity index (χ3v) is 8.86. The van der Waals surface area contributed by atoms with Crippen molar-refractivity contribution in [3.63, 3.8) is 0 Å². The normalized spacial score (nSPS) is 23.4. The minimum absolute atomic E-state index is 0.128. The predicted molar refractivity (Wildman–Crippen MR) is 157 cm³/mol. The van der Waals surface area contributed by atoms with E-state index in [2.05, 4.69) is 6.07 Å². The van der Waals surface area contributed by atoms with Crippen LogP contribution >= 0.6 is 0 Å². The number of hydrogen-bond acceptors (Lipinski definition) is 4. The van der Waals surface area contributed by atoms with E-state index in [4.69, 9.17) is 0 Å². The van der Waals surface area contributed by atoms with E-state index in [1.807, 2.05) is 121 Å². The molecular formula is C35H31N3O3. The first-order chi connectivity index (χ1) is 19.9. The number of Topliss-reactive ketones (excluding diaryl/α,β-unsaturated/α-hetero) is 1. The van der Waals surface area contributed by atoms with E-state index in [0.29, 0.717) is 25.1 Å². The number of amides is 2. The topological polar surface area (TPSA) is 60.9 Å². The second kappa shape index (κ2) is 9.53. The molecule has 2 saturated heterocycles. The van der Waals surface area contributed by atoms with Gasteiger partial charge in [-0.2, -0.15) is 0 Å². The molecule has 7 rings (SSSR count). The number of fused-ring (bicyclic) bond motifs is 3. The fourth-order valence-corrected chi connectivity index (χ4v) is 7.08. The van der Waals surface area contributed by atoms with Gasteiger partial charge in [0.15, 0.2) is 5.78 Å². The summed E-state index contributed by atoms with van der Waals surface area (Å²) in [6, 6.07) is 31.7. The molecule has 204 valence electrons. The summed E-state index contributed by atoms with van der Waals surface area (Å²) in [4.78, 5) is 45.4. The zero-order valence-electron chi connectivity index (χ0n) is 23.2. The molecule has 3 atom stereocenters. The number of anilines is 1. The Kier molecular flexibility index (Phi) is 5.91. The quantitative estimate of drug-likeness (QED) is 0.311. The predicted octanol–water partition coefficient (Wildman–Crippen LogP) is 5.54. The number of carbonyl (C=O) groups excluding carboxylic acids is 3. The van der Waals surface area contributed by atoms with Crippen LogP contribution in [0.4, 0.5) is 5.69 Å². The lowest BCUT2D eigenvalue weighted by molar-refractivity contribution is -0.137. The number of hydrazine groups is 1. The first-order valence-electron chi connectivity index (χ1n) is 14.1. The van der Waals surface area contributed by atoms with Crippen LogP contribution in [0.3, 0.4) is 0 Å². The van der Waals surface area contributed by atoms with Gasteiger partial charge in [0.1, 0.15) is 11.5 Å². The molecule has 0 aliphatic carbocycles. The van der Waals surface area contributed by atoms with Gasteiger partial charge in [-0.25, -0.2) is 5.01 Å². The van der Waals surface area contributed by atoms with Gasteiger partial charge < -0.3 is 4.90 Å². The molecule has 3 aliphatic heterocycles. The SMILES string of the molecule is Cc1ccc(C(=O)[C@H]2N3C(=O)CCN3[C@@H](c3ccccc3)[C@]23C(=O)N(Cc2ccccc2)c2ccc(C)cc23)cc1. The van der Waals surface area contributed by atoms with Crippen molar-refractivity contribution in [1.82, 2.24) is 10.0 Å². The summed E-state index contributed by atoms with van der Waals surface area (Å²) in [6.07, 6.45) is 0.305. The molecule has 6 nitrogen and oxygen atoms in total. The zero-order chi connectivity index (χ0) is 28.3. The average molecular weight is 542 g/mol. The molecule has 0 unspecified atom stereocenters. The molecule has 2 amide bonds. The largest absolute Gasteiger partial charge is 0.307 e. The summed E-state index contributed by atoms with van der Waals surface area (Å²) < 4.78 is 0. The zero-order valence-corrected chi connectivity index (χ0v) is 23.2. The van der Waals surface area contributed by atoms with Crippen molar-refractivity contribution in [2.24, 2.45) is 0 Å². The summed E-state index contributed by atoms with van der Waals surface area (Å²) >= 11 is 0. The van der Waals surface area contributed by atoms with Gasteiger partial charge in [-0.05, 0) is 36.6 Å². The molecule has 4 aromatic carbocycles. The Morgan fingerprint density at radius 2 is 1.49 bits per heavy atom. The van der Waals surface area contributed by atoms with E-state index in [-0.39, 0.29) is 17.6 Å². The third kappa shape index (κ3) is 3.71. The standard InChI is InChI=1S/C35H31N3O3/c1-23-13-16-26(17-14-23)31(40)33-35(32(27-11-7-4-8-12-27)37-20-19-30(39)38(33)37)28-21-24(2)15-18-29(28)36(34(35)41)22-25-9-5-3-6-10-25/h3-18,21,32-33H,19-20,22H2,1-2H3/t32-,33+,35-/m0/s1. The highest BCUT2D eigenvalue weighted by Gasteiger charge is 2.72. The van der Waals surface area contributed by atoms with Crippen LogP contribution in [-0.2, 0) is 21.5 Å². The molecule has 41 heavy (non-hydrogen) atoms. The molecule has 2 fully saturated rings. The van der Waals surface area contributed by atoms with Crippen LogP contribution in [0.2, 0.25) is 0 Å². The van der Waals surface area contributed by atoms with E-state index < -0.39 is 17.5 Å². The number of hydrogen-bond donors (Lipinski definition) is 0. The summed E-state index contributed by atoms with van der Waals surface area (Å²) in [5.41, 5.74) is 4.72. The van der Waals surface area contributed by atoms with Crippen LogP contribution < -0.4 is 4.90 Å². The Balaban J connectivity index is 1.51. The average Bonchev–Trinajstić information content (AvgIpc) is 3.58. The van der Waals surface area contributed by atoms with Crippen molar-refractivity contribution in [1.29, 1.82) is 0 Å². The first kappa shape index (κ1) is 25.4. The molecule has 4 aromatic rings. The van der Waals surface area contributed by atoms with E-state index in [0.717, 1.165) is 33.5 Å². The van der Waals surface area contributed by atoms with Crippen molar-refractivity contribution in [3.8, 4) is 0 Å². The van der Waals surface area contributed by atoms with E-state index in [1.165, 1.54) is 0 Å². The summed E-state index contributed by atoms with van der Waals surface area (Å²) in [5.74, 6) is -0.494. The lowest BCUT2D eigenvalue weighted by Crippen LogP contribution is -2.55. The second-order valence-electron chi connectivity index (χ2n) is 11.4. The van der Waals surface area contributed by atoms with Crippen LogP contribution in [0.1, 0.15) is 50.6 Å². The fraction of sp³-hybridized carbons (Fsp3) is 0.229. The van der Waals surface area contributed by atoms with Crippen molar-refractivity contribution < 1.29 is 14.4 Å². The molecule has 0 bridgehead atoms. The highest BCUT2D eigenvalue weighted by Crippen LogP contribution is 2.60. The van der Waals surface area contributed by atoms with Gasteiger partial charge in [0.05, 0.1) is 12.6 Å². The van der Waals surface area contributed by atoms with Crippen LogP contribution in [0.15, 0.2) is 103 Å². The Morgan fingerprint density at radius 3 is 2.20 bits per heavy atom. The minimum Gasteiger partial charge on any atom is -0.307 e. The number of carbonyl (C=O) groups is 3. The molecule has 0 radical (unpaired) electrons. The highest BCUT2D eigenvalue weighted by atomic mass is 16.2. The summed E-state index contributed by atoms with van der Waals surface area (Å²) in [6.45, 7) is 4.81. The first-order valence-corrected chi connectivity index (χ1v) is 14.1. The second-order valence-corrected chi connectivity index (χ2v) is 11.4. The minimum atomic E-state index is -1.32. The lowest BCUT2D eigenvalue weighted by Gasteiger charge is -2.35. The van der Waals surface area contributed by atoms with Gasteiger partial charge >= 0.3 is 0 Å². The molecule has 0 saturated carbocycles.